The van der Waals surface area contributed by atoms with Gasteiger partial charge in [0.05, 0.1) is 6.54 Å². The largest absolute Gasteiger partial charge is 0.338 e. The smallest absolute Gasteiger partial charge is 0.240 e. The van der Waals surface area contributed by atoms with Gasteiger partial charge in [0.15, 0.2) is 0 Å². The molecule has 0 amide bonds. The second-order valence-electron chi connectivity index (χ2n) is 3.99. The number of nitrogens with zero attached hydrogens (tertiary/aromatic N) is 2. The summed E-state index contributed by atoms with van der Waals surface area (Å²) in [5.74, 6) is 1.09. The maximum atomic E-state index is 5.45. The van der Waals surface area contributed by atoms with Crippen molar-refractivity contribution in [2.24, 2.45) is 5.73 Å². The highest BCUT2D eigenvalue weighted by Gasteiger charge is 2.12. The Morgan fingerprint density at radius 2 is 1.81 bits per heavy atom. The van der Waals surface area contributed by atoms with Crippen LogP contribution in [0.25, 0.3) is 11.4 Å². The Labute approximate surface area is 94.5 Å². The van der Waals surface area contributed by atoms with Crippen molar-refractivity contribution in [1.82, 2.24) is 10.1 Å². The topological polar surface area (TPSA) is 64.9 Å². The molecule has 2 rings (SSSR count). The number of nitrogens with two attached hydrogens (primary N) is 1. The summed E-state index contributed by atoms with van der Waals surface area (Å²) < 4.78 is 5.02. The molecule has 0 aliphatic carbocycles. The summed E-state index contributed by atoms with van der Waals surface area (Å²) in [7, 11) is 0. The van der Waals surface area contributed by atoms with Crippen LogP contribution < -0.4 is 5.73 Å². The van der Waals surface area contributed by atoms with Crippen LogP contribution in [0.15, 0.2) is 16.7 Å². The normalized spacial score (nSPS) is 10.8. The molecule has 0 fully saturated rings. The Kier molecular flexibility index (Phi) is 2.75. The van der Waals surface area contributed by atoms with Crippen LogP contribution in [0.1, 0.15) is 22.6 Å². The minimum absolute atomic E-state index is 0.275. The van der Waals surface area contributed by atoms with Crippen molar-refractivity contribution >= 4 is 0 Å². The monoisotopic (exact) mass is 217 g/mol. The SMILES string of the molecule is Cc1cc(C)c(-c2noc(CN)n2)c(C)c1. The van der Waals surface area contributed by atoms with E-state index in [9.17, 15) is 0 Å². The van der Waals surface area contributed by atoms with Crippen LogP contribution >= 0.6 is 0 Å². The molecule has 1 heterocycles. The van der Waals surface area contributed by atoms with Gasteiger partial charge in [-0.2, -0.15) is 4.98 Å². The standard InChI is InChI=1S/C12H15N3O/c1-7-4-8(2)11(9(3)5-7)12-14-10(6-13)16-15-12/h4-5H,6,13H2,1-3H3. The second kappa shape index (κ2) is 4.06. The number of aryl methyl sites for hydroxylation is 3. The Hall–Kier alpha value is -1.68. The van der Waals surface area contributed by atoms with Crippen molar-refractivity contribution in [2.45, 2.75) is 27.3 Å². The van der Waals surface area contributed by atoms with E-state index in [-0.39, 0.29) is 6.54 Å². The van der Waals surface area contributed by atoms with E-state index in [4.69, 9.17) is 10.3 Å². The number of hydrogen-bond acceptors (Lipinski definition) is 4. The molecule has 0 spiro atoms. The molecule has 0 aliphatic rings. The van der Waals surface area contributed by atoms with Gasteiger partial charge in [0.25, 0.3) is 0 Å². The van der Waals surface area contributed by atoms with E-state index >= 15 is 0 Å². The lowest BCUT2D eigenvalue weighted by Crippen LogP contribution is -1.96. The predicted molar refractivity (Wildman–Crippen MR) is 61.8 cm³/mol. The van der Waals surface area contributed by atoms with Crippen molar-refractivity contribution < 1.29 is 4.52 Å². The van der Waals surface area contributed by atoms with E-state index in [0.29, 0.717) is 11.7 Å². The summed E-state index contributed by atoms with van der Waals surface area (Å²) in [4.78, 5) is 4.25. The van der Waals surface area contributed by atoms with Crippen molar-refractivity contribution in [1.29, 1.82) is 0 Å². The Balaban J connectivity index is 2.55. The van der Waals surface area contributed by atoms with Gasteiger partial charge < -0.3 is 10.3 Å². The first kappa shape index (κ1) is 10.8. The molecule has 0 saturated heterocycles. The first-order valence-corrected chi connectivity index (χ1v) is 5.22. The zero-order valence-corrected chi connectivity index (χ0v) is 9.74. The fourth-order valence-corrected chi connectivity index (χ4v) is 1.97. The first-order valence-electron chi connectivity index (χ1n) is 5.22. The third-order valence-corrected chi connectivity index (χ3v) is 2.54. The molecular weight excluding hydrogens is 202 g/mol. The highest BCUT2D eigenvalue weighted by Crippen LogP contribution is 2.25. The predicted octanol–water partition coefficient (Wildman–Crippen LogP) is 2.12. The fourth-order valence-electron chi connectivity index (χ4n) is 1.97. The van der Waals surface area contributed by atoms with Crippen LogP contribution in [0.2, 0.25) is 0 Å². The molecule has 0 aliphatic heterocycles. The van der Waals surface area contributed by atoms with Crippen LogP contribution in [0.5, 0.6) is 0 Å². The van der Waals surface area contributed by atoms with Gasteiger partial charge in [-0.05, 0) is 31.9 Å². The zero-order valence-electron chi connectivity index (χ0n) is 9.74. The van der Waals surface area contributed by atoms with E-state index < -0.39 is 0 Å². The van der Waals surface area contributed by atoms with Gasteiger partial charge in [-0.15, -0.1) is 0 Å². The third-order valence-electron chi connectivity index (χ3n) is 2.54. The van der Waals surface area contributed by atoms with Gasteiger partial charge in [0.2, 0.25) is 11.7 Å². The maximum Gasteiger partial charge on any atom is 0.240 e. The summed E-state index contributed by atoms with van der Waals surface area (Å²) in [6.45, 7) is 6.45. The molecule has 2 aromatic rings. The van der Waals surface area contributed by atoms with E-state index in [1.165, 1.54) is 5.56 Å². The van der Waals surface area contributed by atoms with Crippen LogP contribution in [0, 0.1) is 20.8 Å². The van der Waals surface area contributed by atoms with Gasteiger partial charge in [-0.3, -0.25) is 0 Å². The van der Waals surface area contributed by atoms with Crippen molar-refractivity contribution in [3.05, 3.63) is 34.7 Å². The molecule has 16 heavy (non-hydrogen) atoms. The molecule has 4 nitrogen and oxygen atoms in total. The highest BCUT2D eigenvalue weighted by atomic mass is 16.5. The first-order chi connectivity index (χ1) is 7.61. The molecular formula is C12H15N3O. The lowest BCUT2D eigenvalue weighted by molar-refractivity contribution is 0.380. The molecule has 1 aromatic carbocycles. The van der Waals surface area contributed by atoms with Gasteiger partial charge in [-0.25, -0.2) is 0 Å². The van der Waals surface area contributed by atoms with Crippen LogP contribution in [-0.2, 0) is 6.54 Å². The Morgan fingerprint density at radius 1 is 1.19 bits per heavy atom. The molecule has 2 N–H and O–H groups in total. The Morgan fingerprint density at radius 3 is 2.31 bits per heavy atom. The molecule has 84 valence electrons. The molecule has 0 unspecified atom stereocenters. The van der Waals surface area contributed by atoms with Gasteiger partial charge in [0.1, 0.15) is 0 Å². The number of aromatic nitrogens is 2. The van der Waals surface area contributed by atoms with Crippen LogP contribution in [0.4, 0.5) is 0 Å². The molecule has 0 atom stereocenters. The summed E-state index contributed by atoms with van der Waals surface area (Å²) in [5, 5.41) is 3.94. The molecule has 0 radical (unpaired) electrons. The van der Waals surface area contributed by atoms with Crippen molar-refractivity contribution in [2.75, 3.05) is 0 Å². The Bertz CT molecular complexity index is 494. The van der Waals surface area contributed by atoms with Crippen LogP contribution in [0.3, 0.4) is 0 Å². The van der Waals surface area contributed by atoms with Gasteiger partial charge >= 0.3 is 0 Å². The second-order valence-corrected chi connectivity index (χ2v) is 3.99. The zero-order chi connectivity index (χ0) is 11.7. The minimum atomic E-state index is 0.275. The molecule has 4 heteroatoms. The summed E-state index contributed by atoms with van der Waals surface area (Å²) in [6, 6.07) is 4.22. The average molecular weight is 217 g/mol. The average Bonchev–Trinajstić information content (AvgIpc) is 2.64. The van der Waals surface area contributed by atoms with E-state index in [1.807, 2.05) is 13.8 Å². The van der Waals surface area contributed by atoms with Gasteiger partial charge in [-0.1, -0.05) is 22.9 Å². The summed E-state index contributed by atoms with van der Waals surface area (Å²) in [6.07, 6.45) is 0. The highest BCUT2D eigenvalue weighted by molar-refractivity contribution is 5.64. The van der Waals surface area contributed by atoms with E-state index in [2.05, 4.69) is 29.2 Å². The van der Waals surface area contributed by atoms with E-state index in [0.717, 1.165) is 16.7 Å². The van der Waals surface area contributed by atoms with Crippen molar-refractivity contribution in [3.63, 3.8) is 0 Å². The molecule has 0 saturated carbocycles. The number of hydrogen-bond donors (Lipinski definition) is 1. The minimum Gasteiger partial charge on any atom is -0.338 e. The summed E-state index contributed by atoms with van der Waals surface area (Å²) in [5.41, 5.74) is 10.0. The quantitative estimate of drug-likeness (QED) is 0.836. The molecule has 0 bridgehead atoms. The van der Waals surface area contributed by atoms with Crippen LogP contribution in [-0.4, -0.2) is 10.1 Å². The summed E-state index contributed by atoms with van der Waals surface area (Å²) >= 11 is 0. The number of benzene rings is 1. The number of rotatable bonds is 2. The lowest BCUT2D eigenvalue weighted by atomic mass is 9.99. The third kappa shape index (κ3) is 1.84. The lowest BCUT2D eigenvalue weighted by Gasteiger charge is -2.06. The fraction of sp³-hybridized carbons (Fsp3) is 0.333. The molecule has 1 aromatic heterocycles. The van der Waals surface area contributed by atoms with E-state index in [1.54, 1.807) is 0 Å². The van der Waals surface area contributed by atoms with Crippen molar-refractivity contribution in [3.8, 4) is 11.4 Å². The maximum absolute atomic E-state index is 5.45. The van der Waals surface area contributed by atoms with Gasteiger partial charge in [0, 0.05) is 5.56 Å².